The van der Waals surface area contributed by atoms with E-state index in [0.29, 0.717) is 12.2 Å². The Morgan fingerprint density at radius 3 is 2.55 bits per heavy atom. The van der Waals surface area contributed by atoms with E-state index < -0.39 is 11.2 Å². The molecule has 8 nitrogen and oxygen atoms in total. The largest absolute Gasteiger partial charge is 0.383 e. The van der Waals surface area contributed by atoms with Crippen molar-refractivity contribution in [3.05, 3.63) is 85.0 Å². The number of rotatable bonds is 7. The van der Waals surface area contributed by atoms with Gasteiger partial charge in [0.15, 0.2) is 0 Å². The zero-order valence-corrected chi connectivity index (χ0v) is 18.9. The molecule has 0 fully saturated rings. The Balaban J connectivity index is 1.87. The molecule has 162 valence electrons. The molecule has 0 atom stereocenters. The molecule has 0 aliphatic rings. The number of nitrogens with two attached hydrogens (primary N) is 1. The Morgan fingerprint density at radius 2 is 1.90 bits per heavy atom. The SMILES string of the molecule is CCN(CC(=O)Nc1ccc(C)c(Br)c1)c1c(N)n(Cc2ccccc2)c(=O)[nH]c1=O. The summed E-state index contributed by atoms with van der Waals surface area (Å²) >= 11 is 3.44. The zero-order valence-electron chi connectivity index (χ0n) is 17.3. The molecular formula is C22H24BrN5O3. The van der Waals surface area contributed by atoms with Crippen LogP contribution < -0.4 is 27.2 Å². The second kappa shape index (κ2) is 9.65. The fourth-order valence-electron chi connectivity index (χ4n) is 3.20. The van der Waals surface area contributed by atoms with E-state index in [1.807, 2.05) is 49.4 Å². The van der Waals surface area contributed by atoms with E-state index in [-0.39, 0.29) is 30.5 Å². The van der Waals surface area contributed by atoms with Crippen LogP contribution in [-0.4, -0.2) is 28.5 Å². The van der Waals surface area contributed by atoms with Gasteiger partial charge in [-0.25, -0.2) is 4.79 Å². The molecule has 0 saturated carbocycles. The Kier molecular flexibility index (Phi) is 6.96. The Hall–Kier alpha value is -3.33. The molecule has 0 spiro atoms. The molecule has 0 radical (unpaired) electrons. The lowest BCUT2D eigenvalue weighted by Crippen LogP contribution is -2.41. The lowest BCUT2D eigenvalue weighted by molar-refractivity contribution is -0.115. The lowest BCUT2D eigenvalue weighted by atomic mass is 10.2. The van der Waals surface area contributed by atoms with E-state index in [2.05, 4.69) is 26.2 Å². The van der Waals surface area contributed by atoms with E-state index >= 15 is 0 Å². The number of hydrogen-bond acceptors (Lipinski definition) is 5. The fraction of sp³-hybridized carbons (Fsp3) is 0.227. The topological polar surface area (TPSA) is 113 Å². The van der Waals surface area contributed by atoms with E-state index in [0.717, 1.165) is 15.6 Å². The number of hydrogen-bond donors (Lipinski definition) is 3. The summed E-state index contributed by atoms with van der Waals surface area (Å²) in [5.41, 5.74) is 7.65. The minimum Gasteiger partial charge on any atom is -0.383 e. The predicted octanol–water partition coefficient (Wildman–Crippen LogP) is 2.70. The molecule has 31 heavy (non-hydrogen) atoms. The van der Waals surface area contributed by atoms with Gasteiger partial charge in [0.05, 0.1) is 13.1 Å². The highest BCUT2D eigenvalue weighted by atomic mass is 79.9. The minimum atomic E-state index is -0.625. The molecule has 9 heteroatoms. The van der Waals surface area contributed by atoms with Crippen LogP contribution in [0.2, 0.25) is 0 Å². The first-order valence-electron chi connectivity index (χ1n) is 9.77. The predicted molar refractivity (Wildman–Crippen MR) is 127 cm³/mol. The number of carbonyl (C=O) groups excluding carboxylic acids is 1. The maximum Gasteiger partial charge on any atom is 0.330 e. The number of halogens is 1. The van der Waals surface area contributed by atoms with Gasteiger partial charge in [0.2, 0.25) is 5.91 Å². The van der Waals surface area contributed by atoms with Gasteiger partial charge in [-0.1, -0.05) is 52.3 Å². The van der Waals surface area contributed by atoms with Crippen LogP contribution in [0.25, 0.3) is 0 Å². The van der Waals surface area contributed by atoms with Gasteiger partial charge in [0, 0.05) is 16.7 Å². The van der Waals surface area contributed by atoms with Gasteiger partial charge in [0.1, 0.15) is 11.5 Å². The molecule has 3 aromatic rings. The maximum absolute atomic E-state index is 12.6. The van der Waals surface area contributed by atoms with E-state index in [9.17, 15) is 14.4 Å². The van der Waals surface area contributed by atoms with Crippen LogP contribution >= 0.6 is 15.9 Å². The van der Waals surface area contributed by atoms with Crippen molar-refractivity contribution in [3.8, 4) is 0 Å². The highest BCUT2D eigenvalue weighted by Gasteiger charge is 2.20. The standard InChI is InChI=1S/C22H24BrN5O3/c1-3-27(13-18(29)25-16-10-9-14(2)17(23)11-16)19-20(24)28(22(31)26-21(19)30)12-15-7-5-4-6-8-15/h4-11H,3,12-13,24H2,1-2H3,(H,25,29)(H,26,30,31). The van der Waals surface area contributed by atoms with Gasteiger partial charge in [-0.05, 0) is 37.1 Å². The van der Waals surface area contributed by atoms with E-state index in [1.54, 1.807) is 17.9 Å². The van der Waals surface area contributed by atoms with Gasteiger partial charge < -0.3 is 16.0 Å². The number of nitrogens with one attached hydrogen (secondary N) is 2. The number of H-pyrrole nitrogens is 1. The first kappa shape index (κ1) is 22.4. The van der Waals surface area contributed by atoms with Crippen molar-refractivity contribution in [2.24, 2.45) is 0 Å². The Bertz CT molecular complexity index is 1200. The van der Waals surface area contributed by atoms with Gasteiger partial charge in [0.25, 0.3) is 5.56 Å². The summed E-state index contributed by atoms with van der Waals surface area (Å²) in [5.74, 6) is -0.289. The highest BCUT2D eigenvalue weighted by Crippen LogP contribution is 2.21. The van der Waals surface area contributed by atoms with Crippen LogP contribution in [0.4, 0.5) is 17.2 Å². The van der Waals surface area contributed by atoms with E-state index in [1.165, 1.54) is 4.57 Å². The van der Waals surface area contributed by atoms with E-state index in [4.69, 9.17) is 5.73 Å². The third-order valence-electron chi connectivity index (χ3n) is 4.89. The summed E-state index contributed by atoms with van der Waals surface area (Å²) in [7, 11) is 0. The number of aromatic nitrogens is 2. The summed E-state index contributed by atoms with van der Waals surface area (Å²) in [6, 6.07) is 14.8. The first-order chi connectivity index (χ1) is 14.8. The van der Waals surface area contributed by atoms with Crippen molar-refractivity contribution < 1.29 is 4.79 Å². The number of carbonyl (C=O) groups is 1. The third kappa shape index (κ3) is 5.24. The first-order valence-corrected chi connectivity index (χ1v) is 10.6. The zero-order chi connectivity index (χ0) is 22.5. The van der Waals surface area contributed by atoms with Gasteiger partial charge in [-0.15, -0.1) is 0 Å². The van der Waals surface area contributed by atoms with Crippen molar-refractivity contribution in [1.29, 1.82) is 0 Å². The number of aryl methyl sites for hydroxylation is 1. The van der Waals surface area contributed by atoms with Gasteiger partial charge in [-0.3, -0.25) is 19.1 Å². The van der Waals surface area contributed by atoms with Crippen molar-refractivity contribution in [2.75, 3.05) is 29.0 Å². The second-order valence-corrected chi connectivity index (χ2v) is 7.95. The van der Waals surface area contributed by atoms with Crippen LogP contribution in [0.15, 0.2) is 62.6 Å². The van der Waals surface area contributed by atoms with Crippen LogP contribution in [0, 0.1) is 6.92 Å². The average Bonchev–Trinajstić information content (AvgIpc) is 2.73. The van der Waals surface area contributed by atoms with Crippen molar-refractivity contribution >= 4 is 39.0 Å². The summed E-state index contributed by atoms with van der Waals surface area (Å²) in [4.78, 5) is 41.4. The number of amides is 1. The molecule has 4 N–H and O–H groups in total. The van der Waals surface area contributed by atoms with Crippen molar-refractivity contribution in [1.82, 2.24) is 9.55 Å². The molecule has 0 aliphatic heterocycles. The number of aromatic amines is 1. The monoisotopic (exact) mass is 485 g/mol. The molecule has 3 rings (SSSR count). The number of anilines is 3. The van der Waals surface area contributed by atoms with Crippen molar-refractivity contribution in [3.63, 3.8) is 0 Å². The smallest absolute Gasteiger partial charge is 0.330 e. The maximum atomic E-state index is 12.6. The average molecular weight is 486 g/mol. The summed E-state index contributed by atoms with van der Waals surface area (Å²) < 4.78 is 2.18. The van der Waals surface area contributed by atoms with Gasteiger partial charge in [-0.2, -0.15) is 0 Å². The number of likely N-dealkylation sites (N-methyl/N-ethyl adjacent to an activating group) is 1. The third-order valence-corrected chi connectivity index (χ3v) is 5.74. The normalized spacial score (nSPS) is 10.7. The fourth-order valence-corrected chi connectivity index (χ4v) is 3.58. The quantitative estimate of drug-likeness (QED) is 0.476. The molecule has 1 heterocycles. The molecule has 0 saturated heterocycles. The second-order valence-electron chi connectivity index (χ2n) is 7.09. The molecule has 2 aromatic carbocycles. The Morgan fingerprint density at radius 1 is 1.19 bits per heavy atom. The summed E-state index contributed by atoms with van der Waals surface area (Å²) in [5, 5.41) is 2.82. The molecule has 0 bridgehead atoms. The van der Waals surface area contributed by atoms with Crippen LogP contribution in [-0.2, 0) is 11.3 Å². The highest BCUT2D eigenvalue weighted by molar-refractivity contribution is 9.10. The number of nitrogen functional groups attached to an aromatic ring is 1. The van der Waals surface area contributed by atoms with Crippen LogP contribution in [0.3, 0.4) is 0 Å². The molecule has 1 amide bonds. The van der Waals surface area contributed by atoms with Crippen molar-refractivity contribution in [2.45, 2.75) is 20.4 Å². The van der Waals surface area contributed by atoms with Crippen LogP contribution in [0.1, 0.15) is 18.1 Å². The summed E-state index contributed by atoms with van der Waals surface area (Å²) in [6.45, 7) is 4.21. The molecule has 0 unspecified atom stereocenters. The van der Waals surface area contributed by atoms with Gasteiger partial charge >= 0.3 is 5.69 Å². The summed E-state index contributed by atoms with van der Waals surface area (Å²) in [6.07, 6.45) is 0. The Labute approximate surface area is 187 Å². The minimum absolute atomic E-state index is 0.0188. The lowest BCUT2D eigenvalue weighted by Gasteiger charge is -2.24. The number of nitrogens with zero attached hydrogens (tertiary/aromatic N) is 2. The molecule has 0 aliphatic carbocycles. The molecule has 1 aromatic heterocycles. The number of benzene rings is 2. The molecular weight excluding hydrogens is 462 g/mol. The van der Waals surface area contributed by atoms with Crippen LogP contribution in [0.5, 0.6) is 0 Å².